The van der Waals surface area contributed by atoms with Crippen LogP contribution in [-0.4, -0.2) is 45.1 Å². The van der Waals surface area contributed by atoms with E-state index in [2.05, 4.69) is 40.5 Å². The van der Waals surface area contributed by atoms with Crippen molar-refractivity contribution >= 4 is 40.6 Å². The number of carbonyl (C=O) groups is 1. The quantitative estimate of drug-likeness (QED) is 0.361. The molecule has 9 heteroatoms. The van der Waals surface area contributed by atoms with Crippen molar-refractivity contribution < 1.29 is 14.6 Å². The molecule has 3 aromatic rings. The summed E-state index contributed by atoms with van der Waals surface area (Å²) in [5.74, 6) is 1.57. The summed E-state index contributed by atoms with van der Waals surface area (Å²) in [5.41, 5.74) is 4.07. The number of nitrogens with zero attached hydrogens (tertiary/aromatic N) is 3. The Kier molecular flexibility index (Phi) is 7.42. The smallest absolute Gasteiger partial charge is 0.254 e. The number of β-amino-alcohol motifs (C(OH)–C–C–N with tert-alkyl or cyclic N) is 1. The van der Waals surface area contributed by atoms with Gasteiger partial charge in [0.05, 0.1) is 24.6 Å². The molecule has 2 heterocycles. The third-order valence-electron chi connectivity index (χ3n) is 5.64. The molecule has 1 aromatic heterocycles. The van der Waals surface area contributed by atoms with Gasteiger partial charge in [-0.25, -0.2) is 4.98 Å². The van der Waals surface area contributed by atoms with E-state index in [0.717, 1.165) is 16.8 Å². The monoisotopic (exact) mass is 495 g/mol. The Morgan fingerprint density at radius 1 is 1.14 bits per heavy atom. The Labute approximate surface area is 210 Å². The molecule has 0 saturated heterocycles. The lowest BCUT2D eigenvalue weighted by molar-refractivity contribution is 0.0745. The highest BCUT2D eigenvalue weighted by atomic mass is 35.5. The number of anilines is 4. The zero-order valence-electron chi connectivity index (χ0n) is 20.3. The number of ether oxygens (including phenoxy) is 1. The molecule has 1 aliphatic heterocycles. The highest BCUT2D eigenvalue weighted by Crippen LogP contribution is 2.36. The fourth-order valence-electron chi connectivity index (χ4n) is 4.03. The number of benzene rings is 2. The number of amides is 1. The minimum Gasteiger partial charge on any atom is -0.489 e. The van der Waals surface area contributed by atoms with Crippen LogP contribution in [0.15, 0.2) is 42.6 Å². The number of hydrogen-bond acceptors (Lipinski definition) is 7. The minimum atomic E-state index is -0.127. The van der Waals surface area contributed by atoms with Crippen molar-refractivity contribution in [2.24, 2.45) is 0 Å². The Morgan fingerprint density at radius 2 is 1.91 bits per heavy atom. The van der Waals surface area contributed by atoms with E-state index in [-0.39, 0.29) is 25.2 Å². The first-order valence-electron chi connectivity index (χ1n) is 11.7. The number of aliphatic hydroxyl groups is 1. The molecule has 1 amide bonds. The fraction of sp³-hybridized carbons (Fsp3) is 0.346. The van der Waals surface area contributed by atoms with Crippen molar-refractivity contribution in [3.05, 3.63) is 64.3 Å². The van der Waals surface area contributed by atoms with Crippen LogP contribution in [-0.2, 0) is 6.54 Å². The summed E-state index contributed by atoms with van der Waals surface area (Å²) < 4.78 is 6.03. The van der Waals surface area contributed by atoms with Crippen LogP contribution in [0.1, 0.15) is 55.1 Å². The van der Waals surface area contributed by atoms with E-state index in [4.69, 9.17) is 16.3 Å². The molecule has 0 fully saturated rings. The lowest BCUT2D eigenvalue weighted by Crippen LogP contribution is -2.26. The van der Waals surface area contributed by atoms with Crippen LogP contribution in [0.25, 0.3) is 0 Å². The summed E-state index contributed by atoms with van der Waals surface area (Å²) in [7, 11) is 0. The van der Waals surface area contributed by atoms with Crippen molar-refractivity contribution in [1.82, 2.24) is 14.9 Å². The molecule has 0 unspecified atom stereocenters. The first-order valence-corrected chi connectivity index (χ1v) is 12.0. The second-order valence-electron chi connectivity index (χ2n) is 9.00. The third kappa shape index (κ3) is 5.49. The number of halogens is 1. The number of nitrogens with one attached hydrogen (secondary N) is 2. The van der Waals surface area contributed by atoms with E-state index in [0.29, 0.717) is 46.3 Å². The van der Waals surface area contributed by atoms with Gasteiger partial charge in [-0.05, 0) is 49.1 Å². The van der Waals surface area contributed by atoms with Crippen LogP contribution in [0.3, 0.4) is 0 Å². The zero-order valence-corrected chi connectivity index (χ0v) is 21.1. The van der Waals surface area contributed by atoms with E-state index in [1.165, 1.54) is 6.20 Å². The number of aromatic nitrogens is 2. The lowest BCUT2D eigenvalue weighted by Gasteiger charge is -2.17. The Bertz CT molecular complexity index is 1230. The third-order valence-corrected chi connectivity index (χ3v) is 5.92. The number of rotatable bonds is 9. The summed E-state index contributed by atoms with van der Waals surface area (Å²) in [6.07, 6.45) is 1.46. The Balaban J connectivity index is 1.66. The molecule has 0 saturated carbocycles. The van der Waals surface area contributed by atoms with Crippen molar-refractivity contribution in [2.75, 3.05) is 23.8 Å². The highest BCUT2D eigenvalue weighted by Gasteiger charge is 2.29. The maximum atomic E-state index is 12.8. The molecule has 1 aliphatic rings. The van der Waals surface area contributed by atoms with E-state index in [9.17, 15) is 9.90 Å². The lowest BCUT2D eigenvalue weighted by atomic mass is 10.0. The van der Waals surface area contributed by atoms with Crippen LogP contribution in [0.4, 0.5) is 23.1 Å². The maximum Gasteiger partial charge on any atom is 0.254 e. The normalized spacial score (nSPS) is 12.9. The second kappa shape index (κ2) is 10.5. The van der Waals surface area contributed by atoms with Gasteiger partial charge in [-0.3, -0.25) is 4.79 Å². The summed E-state index contributed by atoms with van der Waals surface area (Å²) in [6.45, 7) is 8.76. The van der Waals surface area contributed by atoms with Crippen LogP contribution in [0, 0.1) is 0 Å². The Morgan fingerprint density at radius 3 is 2.63 bits per heavy atom. The molecular formula is C26H30ClN5O3. The molecule has 0 radical (unpaired) electrons. The average Bonchev–Trinajstić information content (AvgIpc) is 3.10. The average molecular weight is 496 g/mol. The van der Waals surface area contributed by atoms with Gasteiger partial charge < -0.3 is 25.4 Å². The molecule has 35 heavy (non-hydrogen) atoms. The molecule has 4 rings (SSSR count). The molecule has 0 atom stereocenters. The summed E-state index contributed by atoms with van der Waals surface area (Å²) >= 11 is 6.41. The second-order valence-corrected chi connectivity index (χ2v) is 9.41. The van der Waals surface area contributed by atoms with Gasteiger partial charge >= 0.3 is 0 Å². The zero-order chi connectivity index (χ0) is 25.1. The SMILES string of the molecule is CC(C)Oc1cc2c(cc1Nc1ncc(Cl)c(Nc3ccccc3C(C)C)n1)C(=O)N(CCO)C2. The van der Waals surface area contributed by atoms with Gasteiger partial charge in [0.1, 0.15) is 10.8 Å². The number of fused-ring (bicyclic) bond motifs is 1. The van der Waals surface area contributed by atoms with Gasteiger partial charge in [0.15, 0.2) is 5.82 Å². The van der Waals surface area contributed by atoms with E-state index >= 15 is 0 Å². The van der Waals surface area contributed by atoms with Crippen molar-refractivity contribution in [3.63, 3.8) is 0 Å². The van der Waals surface area contributed by atoms with E-state index in [1.54, 1.807) is 11.0 Å². The van der Waals surface area contributed by atoms with Gasteiger partial charge in [-0.15, -0.1) is 0 Å². The molecule has 0 bridgehead atoms. The van der Waals surface area contributed by atoms with Gasteiger partial charge in [-0.2, -0.15) is 4.98 Å². The summed E-state index contributed by atoms with van der Waals surface area (Å²) in [6, 6.07) is 11.6. The van der Waals surface area contributed by atoms with Crippen LogP contribution in [0.5, 0.6) is 5.75 Å². The van der Waals surface area contributed by atoms with Crippen molar-refractivity contribution in [2.45, 2.75) is 46.3 Å². The molecule has 2 aromatic carbocycles. The standard InChI is InChI=1S/C26H30ClN5O3/c1-15(2)18-7-5-6-8-21(18)29-24-20(27)13-28-26(31-24)30-22-12-19-17(11-23(22)35-16(3)4)14-32(9-10-33)25(19)34/h5-8,11-13,15-16,33H,9-10,14H2,1-4H3,(H2,28,29,30,31). The molecule has 0 spiro atoms. The first-order chi connectivity index (χ1) is 16.8. The summed E-state index contributed by atoms with van der Waals surface area (Å²) in [4.78, 5) is 23.3. The molecule has 184 valence electrons. The number of aliphatic hydroxyl groups excluding tert-OH is 1. The predicted octanol–water partition coefficient (Wildman–Crippen LogP) is 5.48. The van der Waals surface area contributed by atoms with Crippen LogP contribution in [0.2, 0.25) is 5.02 Å². The predicted molar refractivity (Wildman–Crippen MR) is 138 cm³/mol. The van der Waals surface area contributed by atoms with E-state index in [1.807, 2.05) is 38.1 Å². The van der Waals surface area contributed by atoms with Crippen LogP contribution < -0.4 is 15.4 Å². The van der Waals surface area contributed by atoms with Gasteiger partial charge in [0, 0.05) is 24.3 Å². The Hall–Kier alpha value is -3.36. The summed E-state index contributed by atoms with van der Waals surface area (Å²) in [5, 5.41) is 16.2. The van der Waals surface area contributed by atoms with Crippen molar-refractivity contribution in [1.29, 1.82) is 0 Å². The number of carbonyl (C=O) groups excluding carboxylic acids is 1. The van der Waals surface area contributed by atoms with E-state index < -0.39 is 0 Å². The van der Waals surface area contributed by atoms with Gasteiger partial charge in [0.2, 0.25) is 5.95 Å². The van der Waals surface area contributed by atoms with Gasteiger partial charge in [-0.1, -0.05) is 43.6 Å². The maximum absolute atomic E-state index is 12.8. The fourth-order valence-corrected chi connectivity index (χ4v) is 4.17. The van der Waals surface area contributed by atoms with Gasteiger partial charge in [0.25, 0.3) is 5.91 Å². The molecule has 0 aliphatic carbocycles. The molecule has 8 nitrogen and oxygen atoms in total. The van der Waals surface area contributed by atoms with Crippen molar-refractivity contribution in [3.8, 4) is 5.75 Å². The molecule has 3 N–H and O–H groups in total. The number of hydrogen-bond donors (Lipinski definition) is 3. The molecular weight excluding hydrogens is 466 g/mol. The first kappa shape index (κ1) is 24.8. The van der Waals surface area contributed by atoms with Crippen LogP contribution >= 0.6 is 11.6 Å². The number of para-hydroxylation sites is 1. The largest absolute Gasteiger partial charge is 0.489 e. The highest BCUT2D eigenvalue weighted by molar-refractivity contribution is 6.32. The minimum absolute atomic E-state index is 0.0739. The topological polar surface area (TPSA) is 99.6 Å².